The molecule has 0 heterocycles. The van der Waals surface area contributed by atoms with E-state index >= 15 is 0 Å². The largest absolute Gasteiger partial charge is 0.493 e. The van der Waals surface area contributed by atoms with Gasteiger partial charge in [-0.2, -0.15) is 0 Å². The van der Waals surface area contributed by atoms with Gasteiger partial charge >= 0.3 is 0 Å². The molecule has 0 aromatic heterocycles. The first kappa shape index (κ1) is 17.6. The van der Waals surface area contributed by atoms with Crippen molar-refractivity contribution in [3.05, 3.63) is 52.0 Å². The average molecular weight is 380 g/mol. The molecule has 1 atom stereocenters. The fourth-order valence-electron chi connectivity index (χ4n) is 2.44. The van der Waals surface area contributed by atoms with Crippen LogP contribution in [0.5, 0.6) is 17.2 Å². The topological polar surface area (TPSA) is 39.7 Å². The molecule has 124 valence electrons. The van der Waals surface area contributed by atoms with Gasteiger partial charge in [0.2, 0.25) is 5.75 Å². The summed E-state index contributed by atoms with van der Waals surface area (Å²) < 4.78 is 17.2. The maximum atomic E-state index is 5.39. The number of hydrogen-bond acceptors (Lipinski definition) is 4. The van der Waals surface area contributed by atoms with Crippen LogP contribution in [0.25, 0.3) is 0 Å². The van der Waals surface area contributed by atoms with Crippen molar-refractivity contribution in [2.24, 2.45) is 0 Å². The second-order valence-corrected chi connectivity index (χ2v) is 6.01. The van der Waals surface area contributed by atoms with Crippen molar-refractivity contribution in [3.8, 4) is 17.2 Å². The van der Waals surface area contributed by atoms with E-state index < -0.39 is 0 Å². The van der Waals surface area contributed by atoms with Crippen LogP contribution in [-0.4, -0.2) is 21.3 Å². The van der Waals surface area contributed by atoms with E-state index in [4.69, 9.17) is 14.2 Å². The van der Waals surface area contributed by atoms with E-state index in [9.17, 15) is 0 Å². The lowest BCUT2D eigenvalue weighted by Gasteiger charge is -2.18. The van der Waals surface area contributed by atoms with Crippen LogP contribution in [0.1, 0.15) is 24.1 Å². The van der Waals surface area contributed by atoms with Gasteiger partial charge < -0.3 is 19.5 Å². The number of benzene rings is 2. The summed E-state index contributed by atoms with van der Waals surface area (Å²) >= 11 is 3.59. The lowest BCUT2D eigenvalue weighted by Crippen LogP contribution is -2.18. The van der Waals surface area contributed by atoms with E-state index in [0.717, 1.165) is 10.0 Å². The SMILES string of the molecule is COc1cc(CN[C@H](C)c2ccccc2Br)cc(OC)c1OC. The van der Waals surface area contributed by atoms with Crippen LogP contribution in [0, 0.1) is 0 Å². The van der Waals surface area contributed by atoms with E-state index in [-0.39, 0.29) is 6.04 Å². The van der Waals surface area contributed by atoms with E-state index in [2.05, 4.69) is 34.2 Å². The van der Waals surface area contributed by atoms with Crippen LogP contribution >= 0.6 is 15.9 Å². The van der Waals surface area contributed by atoms with E-state index in [1.807, 2.05) is 30.3 Å². The summed E-state index contributed by atoms with van der Waals surface area (Å²) in [6.45, 7) is 2.83. The molecule has 1 N–H and O–H groups in total. The molecular formula is C18H22BrNO3. The van der Waals surface area contributed by atoms with Crippen molar-refractivity contribution in [2.45, 2.75) is 19.5 Å². The third kappa shape index (κ3) is 4.18. The maximum Gasteiger partial charge on any atom is 0.203 e. The molecule has 0 amide bonds. The third-order valence-corrected chi connectivity index (χ3v) is 4.43. The Morgan fingerprint density at radius 2 is 1.61 bits per heavy atom. The summed E-state index contributed by atoms with van der Waals surface area (Å²) in [5, 5.41) is 3.51. The van der Waals surface area contributed by atoms with Gasteiger partial charge in [0.1, 0.15) is 0 Å². The Balaban J connectivity index is 2.16. The van der Waals surface area contributed by atoms with Gasteiger partial charge in [-0.1, -0.05) is 34.1 Å². The zero-order valence-electron chi connectivity index (χ0n) is 13.9. The standard InChI is InChI=1S/C18H22BrNO3/c1-12(14-7-5-6-8-15(14)19)20-11-13-9-16(21-2)18(23-4)17(10-13)22-3/h5-10,12,20H,11H2,1-4H3/t12-/m1/s1. The number of methoxy groups -OCH3 is 3. The smallest absolute Gasteiger partial charge is 0.203 e. The molecule has 2 aromatic carbocycles. The molecule has 0 spiro atoms. The molecule has 0 saturated heterocycles. The second kappa shape index (κ2) is 8.22. The molecule has 0 aliphatic heterocycles. The molecule has 0 bridgehead atoms. The zero-order chi connectivity index (χ0) is 16.8. The van der Waals surface area contributed by atoms with Gasteiger partial charge in [-0.25, -0.2) is 0 Å². The number of halogens is 1. The van der Waals surface area contributed by atoms with Crippen molar-refractivity contribution < 1.29 is 14.2 Å². The van der Waals surface area contributed by atoms with Crippen LogP contribution in [0.15, 0.2) is 40.9 Å². The average Bonchev–Trinajstić information content (AvgIpc) is 2.58. The highest BCUT2D eigenvalue weighted by Gasteiger charge is 2.14. The predicted octanol–water partition coefficient (Wildman–Crippen LogP) is 4.33. The van der Waals surface area contributed by atoms with Crippen molar-refractivity contribution in [1.82, 2.24) is 5.32 Å². The predicted molar refractivity (Wildman–Crippen MR) is 95.5 cm³/mol. The first-order valence-electron chi connectivity index (χ1n) is 7.37. The molecule has 0 saturated carbocycles. The lowest BCUT2D eigenvalue weighted by molar-refractivity contribution is 0.323. The minimum atomic E-state index is 0.213. The van der Waals surface area contributed by atoms with Crippen molar-refractivity contribution in [3.63, 3.8) is 0 Å². The Kier molecular flexibility index (Phi) is 6.30. The highest BCUT2D eigenvalue weighted by atomic mass is 79.9. The van der Waals surface area contributed by atoms with Crippen molar-refractivity contribution in [1.29, 1.82) is 0 Å². The van der Waals surface area contributed by atoms with Gasteiger partial charge in [0.25, 0.3) is 0 Å². The summed E-state index contributed by atoms with van der Waals surface area (Å²) in [6.07, 6.45) is 0. The van der Waals surface area contributed by atoms with E-state index in [0.29, 0.717) is 23.8 Å². The maximum absolute atomic E-state index is 5.39. The molecule has 0 radical (unpaired) electrons. The van der Waals surface area contributed by atoms with Crippen molar-refractivity contribution >= 4 is 15.9 Å². The zero-order valence-corrected chi connectivity index (χ0v) is 15.4. The highest BCUT2D eigenvalue weighted by molar-refractivity contribution is 9.10. The molecule has 2 aromatic rings. The molecule has 0 unspecified atom stereocenters. The van der Waals surface area contributed by atoms with E-state index in [1.165, 1.54) is 5.56 Å². The summed E-state index contributed by atoms with van der Waals surface area (Å²) in [4.78, 5) is 0. The Morgan fingerprint density at radius 1 is 1.00 bits per heavy atom. The van der Waals surface area contributed by atoms with Gasteiger partial charge in [-0.15, -0.1) is 0 Å². The normalized spacial score (nSPS) is 11.9. The molecule has 5 heteroatoms. The van der Waals surface area contributed by atoms with Gasteiger partial charge in [0.15, 0.2) is 11.5 Å². The number of rotatable bonds is 7. The fraction of sp³-hybridized carbons (Fsp3) is 0.333. The Labute approximate surface area is 145 Å². The molecule has 0 aliphatic carbocycles. The minimum absolute atomic E-state index is 0.213. The van der Waals surface area contributed by atoms with Crippen molar-refractivity contribution in [2.75, 3.05) is 21.3 Å². The van der Waals surface area contributed by atoms with Crippen LogP contribution < -0.4 is 19.5 Å². The molecule has 2 rings (SSSR count). The van der Waals surface area contributed by atoms with Gasteiger partial charge in [-0.05, 0) is 36.2 Å². The molecule has 4 nitrogen and oxygen atoms in total. The number of ether oxygens (including phenoxy) is 3. The minimum Gasteiger partial charge on any atom is -0.493 e. The highest BCUT2D eigenvalue weighted by Crippen LogP contribution is 2.38. The summed E-state index contributed by atoms with van der Waals surface area (Å²) in [6, 6.07) is 12.3. The van der Waals surface area contributed by atoms with Crippen LogP contribution in [0.2, 0.25) is 0 Å². The van der Waals surface area contributed by atoms with Gasteiger partial charge in [0.05, 0.1) is 21.3 Å². The fourth-order valence-corrected chi connectivity index (χ4v) is 3.07. The number of hydrogen-bond donors (Lipinski definition) is 1. The second-order valence-electron chi connectivity index (χ2n) is 5.16. The molecular weight excluding hydrogens is 358 g/mol. The number of nitrogens with one attached hydrogen (secondary N) is 1. The third-order valence-electron chi connectivity index (χ3n) is 3.71. The Morgan fingerprint density at radius 3 is 2.13 bits per heavy atom. The summed E-state index contributed by atoms with van der Waals surface area (Å²) in [5.41, 5.74) is 2.29. The first-order chi connectivity index (χ1) is 11.1. The monoisotopic (exact) mass is 379 g/mol. The summed E-state index contributed by atoms with van der Waals surface area (Å²) in [7, 11) is 4.85. The quantitative estimate of drug-likeness (QED) is 0.777. The Hall–Kier alpha value is -1.72. The summed E-state index contributed by atoms with van der Waals surface area (Å²) in [5.74, 6) is 1.94. The molecule has 0 fully saturated rings. The van der Waals surface area contributed by atoms with Gasteiger partial charge in [0, 0.05) is 17.1 Å². The molecule has 0 aliphatic rings. The Bertz CT molecular complexity index is 635. The van der Waals surface area contributed by atoms with E-state index in [1.54, 1.807) is 21.3 Å². The van der Waals surface area contributed by atoms with Gasteiger partial charge in [-0.3, -0.25) is 0 Å². The first-order valence-corrected chi connectivity index (χ1v) is 8.16. The van der Waals surface area contributed by atoms with Crippen LogP contribution in [0.3, 0.4) is 0 Å². The van der Waals surface area contributed by atoms with Crippen LogP contribution in [0.4, 0.5) is 0 Å². The lowest BCUT2D eigenvalue weighted by atomic mass is 10.1. The molecule has 23 heavy (non-hydrogen) atoms. The van der Waals surface area contributed by atoms with Crippen LogP contribution in [-0.2, 0) is 6.54 Å².